The molecule has 3 rings (SSSR count). The van der Waals surface area contributed by atoms with Crippen molar-refractivity contribution in [2.24, 2.45) is 5.92 Å². The molecule has 1 aromatic heterocycles. The maximum atomic E-state index is 10.9. The predicted octanol–water partition coefficient (Wildman–Crippen LogP) is 5.18. The van der Waals surface area contributed by atoms with Gasteiger partial charge in [-0.1, -0.05) is 17.7 Å². The molecule has 1 aliphatic carbocycles. The van der Waals surface area contributed by atoms with Crippen molar-refractivity contribution in [1.29, 1.82) is 0 Å². The zero-order valence-electron chi connectivity index (χ0n) is 11.5. The molecule has 2 aromatic rings. The third-order valence-electron chi connectivity index (χ3n) is 3.74. The Morgan fingerprint density at radius 2 is 2.24 bits per heavy atom. The van der Waals surface area contributed by atoms with Crippen LogP contribution in [0.3, 0.4) is 0 Å². The second kappa shape index (κ2) is 5.66. The van der Waals surface area contributed by atoms with E-state index >= 15 is 0 Å². The quantitative estimate of drug-likeness (QED) is 0.609. The lowest BCUT2D eigenvalue weighted by molar-refractivity contribution is -0.384. The zero-order chi connectivity index (χ0) is 15.0. The molecule has 110 valence electrons. The van der Waals surface area contributed by atoms with Gasteiger partial charge in [-0.25, -0.2) is 0 Å². The number of halogens is 1. The van der Waals surface area contributed by atoms with E-state index in [2.05, 4.69) is 16.8 Å². The Morgan fingerprint density at radius 3 is 2.81 bits per heavy atom. The van der Waals surface area contributed by atoms with E-state index < -0.39 is 4.92 Å². The number of nitrogens with zero attached hydrogens (tertiary/aromatic N) is 1. The first-order valence-corrected chi connectivity index (χ1v) is 8.06. The van der Waals surface area contributed by atoms with Gasteiger partial charge >= 0.3 is 0 Å². The second-order valence-corrected chi connectivity index (χ2v) is 6.74. The molecular formula is C15H15ClN2O2S. The summed E-state index contributed by atoms with van der Waals surface area (Å²) in [5, 5.41) is 16.7. The number of nitrogens with one attached hydrogen (secondary N) is 1. The number of anilines is 1. The van der Waals surface area contributed by atoms with Gasteiger partial charge in [0.05, 0.1) is 11.0 Å². The topological polar surface area (TPSA) is 55.2 Å². The second-order valence-electron chi connectivity index (χ2n) is 5.35. The first-order chi connectivity index (χ1) is 10.1. The fraction of sp³-hybridized carbons (Fsp3) is 0.333. The molecule has 0 amide bonds. The van der Waals surface area contributed by atoms with Gasteiger partial charge in [-0.15, -0.1) is 11.3 Å². The molecule has 1 aromatic carbocycles. The van der Waals surface area contributed by atoms with Gasteiger partial charge in [-0.3, -0.25) is 10.1 Å². The highest BCUT2D eigenvalue weighted by molar-refractivity contribution is 7.10. The van der Waals surface area contributed by atoms with E-state index in [1.807, 2.05) is 13.0 Å². The summed E-state index contributed by atoms with van der Waals surface area (Å²) in [5.74, 6) is 0.636. The van der Waals surface area contributed by atoms with E-state index in [9.17, 15) is 10.1 Å². The van der Waals surface area contributed by atoms with Crippen molar-refractivity contribution in [3.63, 3.8) is 0 Å². The summed E-state index contributed by atoms with van der Waals surface area (Å²) < 4.78 is 0. The average molecular weight is 323 g/mol. The van der Waals surface area contributed by atoms with Crippen molar-refractivity contribution in [3.8, 4) is 0 Å². The maximum Gasteiger partial charge on any atom is 0.288 e. The van der Waals surface area contributed by atoms with Crippen molar-refractivity contribution >= 4 is 34.3 Å². The minimum Gasteiger partial charge on any atom is -0.377 e. The van der Waals surface area contributed by atoms with Gasteiger partial charge in [0, 0.05) is 16.6 Å². The lowest BCUT2D eigenvalue weighted by Gasteiger charge is -2.20. The van der Waals surface area contributed by atoms with Crippen molar-refractivity contribution in [2.75, 3.05) is 5.32 Å². The van der Waals surface area contributed by atoms with E-state index in [1.54, 1.807) is 17.4 Å². The summed E-state index contributed by atoms with van der Waals surface area (Å²) in [4.78, 5) is 11.8. The smallest absolute Gasteiger partial charge is 0.288 e. The van der Waals surface area contributed by atoms with Crippen LogP contribution in [0.4, 0.5) is 11.4 Å². The normalized spacial score (nSPS) is 15.7. The minimum absolute atomic E-state index is 0.0428. The molecule has 4 nitrogen and oxygen atoms in total. The van der Waals surface area contributed by atoms with Crippen LogP contribution in [0.15, 0.2) is 29.6 Å². The lowest BCUT2D eigenvalue weighted by atomic mass is 10.1. The molecule has 1 unspecified atom stereocenters. The average Bonchev–Trinajstić information content (AvgIpc) is 3.13. The molecule has 1 N–H and O–H groups in total. The SMILES string of the molecule is Cc1cc([N+](=O)[O-])c(Cl)cc1NC(c1cccs1)C1CC1. The van der Waals surface area contributed by atoms with E-state index in [0.717, 1.165) is 11.3 Å². The van der Waals surface area contributed by atoms with Crippen LogP contribution in [0.1, 0.15) is 29.3 Å². The van der Waals surface area contributed by atoms with Gasteiger partial charge in [0.2, 0.25) is 0 Å². The summed E-state index contributed by atoms with van der Waals surface area (Å²) in [6.07, 6.45) is 2.44. The van der Waals surface area contributed by atoms with Gasteiger partial charge in [0.15, 0.2) is 0 Å². The standard InChI is InChI=1S/C15H15ClN2O2S/c1-9-7-13(18(19)20)11(16)8-12(9)17-15(10-4-5-10)14-3-2-6-21-14/h2-3,6-8,10,15,17H,4-5H2,1H3. The molecule has 0 aliphatic heterocycles. The Bertz CT molecular complexity index is 669. The number of nitro groups is 1. The molecular weight excluding hydrogens is 308 g/mol. The van der Waals surface area contributed by atoms with Gasteiger partial charge in [-0.05, 0) is 48.8 Å². The van der Waals surface area contributed by atoms with Gasteiger partial charge in [-0.2, -0.15) is 0 Å². The van der Waals surface area contributed by atoms with Crippen LogP contribution in [-0.4, -0.2) is 4.92 Å². The number of nitro benzene ring substituents is 1. The summed E-state index contributed by atoms with van der Waals surface area (Å²) >= 11 is 7.75. The summed E-state index contributed by atoms with van der Waals surface area (Å²) in [5.41, 5.74) is 1.67. The van der Waals surface area contributed by atoms with Crippen LogP contribution in [0.5, 0.6) is 0 Å². The van der Waals surface area contributed by atoms with Crippen LogP contribution in [0, 0.1) is 23.0 Å². The molecule has 1 fully saturated rings. The molecule has 1 saturated carbocycles. The minimum atomic E-state index is -0.448. The number of rotatable bonds is 5. The highest BCUT2D eigenvalue weighted by Crippen LogP contribution is 2.45. The Labute approximate surface area is 131 Å². The van der Waals surface area contributed by atoms with Crippen molar-refractivity contribution in [2.45, 2.75) is 25.8 Å². The molecule has 0 bridgehead atoms. The maximum absolute atomic E-state index is 10.9. The van der Waals surface area contributed by atoms with Crippen LogP contribution >= 0.6 is 22.9 Å². The molecule has 21 heavy (non-hydrogen) atoms. The zero-order valence-corrected chi connectivity index (χ0v) is 13.1. The fourth-order valence-corrected chi connectivity index (χ4v) is 3.55. The van der Waals surface area contributed by atoms with E-state index in [1.165, 1.54) is 23.8 Å². The summed E-state index contributed by atoms with van der Waals surface area (Å²) in [7, 11) is 0. The summed E-state index contributed by atoms with van der Waals surface area (Å²) in [6.45, 7) is 1.87. The highest BCUT2D eigenvalue weighted by atomic mass is 35.5. The molecule has 1 atom stereocenters. The van der Waals surface area contributed by atoms with E-state index in [-0.39, 0.29) is 16.8 Å². The molecule has 1 aliphatic rings. The molecule has 0 saturated heterocycles. The van der Waals surface area contributed by atoms with E-state index in [0.29, 0.717) is 5.92 Å². The monoisotopic (exact) mass is 322 g/mol. The lowest BCUT2D eigenvalue weighted by Crippen LogP contribution is -2.12. The largest absolute Gasteiger partial charge is 0.377 e. The van der Waals surface area contributed by atoms with Crippen LogP contribution < -0.4 is 5.32 Å². The van der Waals surface area contributed by atoms with Gasteiger partial charge in [0.1, 0.15) is 5.02 Å². The van der Waals surface area contributed by atoms with Crippen LogP contribution in [0.25, 0.3) is 0 Å². The van der Waals surface area contributed by atoms with Crippen molar-refractivity contribution in [3.05, 3.63) is 55.2 Å². The summed E-state index contributed by atoms with van der Waals surface area (Å²) in [6, 6.07) is 7.64. The third kappa shape index (κ3) is 3.04. The Hall–Kier alpha value is -1.59. The molecule has 0 radical (unpaired) electrons. The van der Waals surface area contributed by atoms with Crippen molar-refractivity contribution in [1.82, 2.24) is 0 Å². The predicted molar refractivity (Wildman–Crippen MR) is 86.3 cm³/mol. The molecule has 6 heteroatoms. The van der Waals surface area contributed by atoms with Gasteiger partial charge in [0.25, 0.3) is 5.69 Å². The van der Waals surface area contributed by atoms with Gasteiger partial charge < -0.3 is 5.32 Å². The van der Waals surface area contributed by atoms with Crippen molar-refractivity contribution < 1.29 is 4.92 Å². The number of hydrogen-bond acceptors (Lipinski definition) is 4. The first-order valence-electron chi connectivity index (χ1n) is 6.80. The molecule has 1 heterocycles. The Balaban J connectivity index is 1.90. The fourth-order valence-electron chi connectivity index (χ4n) is 2.45. The highest BCUT2D eigenvalue weighted by Gasteiger charge is 2.33. The third-order valence-corrected chi connectivity index (χ3v) is 5.00. The number of aryl methyl sites for hydroxylation is 1. The molecule has 0 spiro atoms. The van der Waals surface area contributed by atoms with Crippen LogP contribution in [-0.2, 0) is 0 Å². The van der Waals surface area contributed by atoms with E-state index in [4.69, 9.17) is 11.6 Å². The number of thiophene rings is 1. The number of benzene rings is 1. The number of hydrogen-bond donors (Lipinski definition) is 1. The Kier molecular flexibility index (Phi) is 3.87. The first kappa shape index (κ1) is 14.4. The van der Waals surface area contributed by atoms with Crippen LogP contribution in [0.2, 0.25) is 5.02 Å². The Morgan fingerprint density at radius 1 is 1.48 bits per heavy atom.